The fourth-order valence-electron chi connectivity index (χ4n) is 7.83. The molecule has 0 radical (unpaired) electrons. The minimum atomic E-state index is -1.03. The number of aromatic nitrogens is 3. The molecule has 3 aliphatic heterocycles. The van der Waals surface area contributed by atoms with E-state index >= 15 is 0 Å². The lowest BCUT2D eigenvalue weighted by molar-refractivity contribution is -0.136. The van der Waals surface area contributed by atoms with E-state index in [1.807, 2.05) is 35.2 Å². The minimum Gasteiger partial charge on any atom is -0.457 e. The van der Waals surface area contributed by atoms with Crippen LogP contribution in [0.4, 0.5) is 5.82 Å². The molecule has 3 aromatic carbocycles. The number of ether oxygens (including phenoxy) is 1. The number of H-pyrrole nitrogens is 1. The molecule has 1 atom stereocenters. The summed E-state index contributed by atoms with van der Waals surface area (Å²) in [5, 5.41) is 6.53. The van der Waals surface area contributed by atoms with Crippen LogP contribution in [0.2, 0.25) is 5.02 Å². The van der Waals surface area contributed by atoms with Crippen molar-refractivity contribution in [2.75, 3.05) is 18.4 Å². The molecule has 8 rings (SSSR count). The third-order valence-corrected chi connectivity index (χ3v) is 11.3. The third-order valence-electron chi connectivity index (χ3n) is 11.0. The van der Waals surface area contributed by atoms with Crippen LogP contribution < -0.4 is 15.4 Å². The standard InChI is InChI=1S/C45H40ClN7O7/c46-34-24-30(60-29-12-6-4-7-13-29)16-17-31(34)40(56)33-25-47-41-39(33)42(49-26-48-41)50-28-20-22-52(23-21-28)37(55)15-8-3-1-2-5-10-27-11-9-14-32-38(27)45(59)53(44(32)58)35-18-19-36(54)51-43(35)57/h4,6-7,9,11-14,16-17,24-26,28,35H,1-3,8,15,18-23H2,(H,51,54,57)(H2,47,48,49,50). The molecule has 14 nitrogen and oxygen atoms in total. The third kappa shape index (κ3) is 8.35. The number of hydrogen-bond donors (Lipinski definition) is 3. The van der Waals surface area contributed by atoms with Gasteiger partial charge in [0.2, 0.25) is 17.7 Å². The predicted molar refractivity (Wildman–Crippen MR) is 222 cm³/mol. The summed E-state index contributed by atoms with van der Waals surface area (Å²) in [4.78, 5) is 92.0. The second-order valence-corrected chi connectivity index (χ2v) is 15.3. The molecule has 0 bridgehead atoms. The highest BCUT2D eigenvalue weighted by Gasteiger charge is 2.45. The molecule has 3 aliphatic rings. The number of carbonyl (C=O) groups is 6. The lowest BCUT2D eigenvalue weighted by Crippen LogP contribution is -2.54. The molecular formula is C45H40ClN7O7. The number of amides is 5. The van der Waals surface area contributed by atoms with Crippen molar-refractivity contribution >= 4 is 63.8 Å². The molecule has 304 valence electrons. The Kier molecular flexibility index (Phi) is 11.7. The summed E-state index contributed by atoms with van der Waals surface area (Å²) in [6.07, 6.45) is 7.84. The van der Waals surface area contributed by atoms with Crippen LogP contribution in [0.1, 0.15) is 100.0 Å². The Balaban J connectivity index is 0.798. The summed E-state index contributed by atoms with van der Waals surface area (Å²) >= 11 is 6.60. The highest BCUT2D eigenvalue weighted by Crippen LogP contribution is 2.33. The highest BCUT2D eigenvalue weighted by atomic mass is 35.5. The van der Waals surface area contributed by atoms with E-state index < -0.39 is 29.7 Å². The second kappa shape index (κ2) is 17.6. The predicted octanol–water partition coefficient (Wildman–Crippen LogP) is 6.44. The first-order valence-electron chi connectivity index (χ1n) is 19.9. The molecule has 0 spiro atoms. The van der Waals surface area contributed by atoms with E-state index in [-0.39, 0.29) is 46.7 Å². The Bertz CT molecular complexity index is 2590. The van der Waals surface area contributed by atoms with Gasteiger partial charge in [-0.3, -0.25) is 39.0 Å². The summed E-state index contributed by atoms with van der Waals surface area (Å²) in [6.45, 7) is 1.18. The van der Waals surface area contributed by atoms with Gasteiger partial charge in [0.25, 0.3) is 11.8 Å². The Morgan fingerprint density at radius 1 is 0.883 bits per heavy atom. The van der Waals surface area contributed by atoms with Crippen molar-refractivity contribution in [3.8, 4) is 23.3 Å². The molecule has 15 heteroatoms. The van der Waals surface area contributed by atoms with Crippen LogP contribution in [0.3, 0.4) is 0 Å². The van der Waals surface area contributed by atoms with Gasteiger partial charge in [-0.25, -0.2) is 9.97 Å². The molecule has 5 heterocycles. The number of para-hydroxylation sites is 1. The number of likely N-dealkylation sites (tertiary alicyclic amines) is 1. The van der Waals surface area contributed by atoms with E-state index in [1.165, 1.54) is 6.33 Å². The normalized spacial score (nSPS) is 16.6. The van der Waals surface area contributed by atoms with E-state index in [0.717, 1.165) is 17.7 Å². The number of nitrogens with zero attached hydrogens (tertiary/aromatic N) is 4. The number of carbonyl (C=O) groups excluding carboxylic acids is 6. The van der Waals surface area contributed by atoms with Crippen LogP contribution in [-0.2, 0) is 14.4 Å². The largest absolute Gasteiger partial charge is 0.457 e. The maximum atomic E-state index is 13.8. The number of nitrogens with one attached hydrogen (secondary N) is 3. The van der Waals surface area contributed by atoms with Gasteiger partial charge in [-0.2, -0.15) is 0 Å². The van der Waals surface area contributed by atoms with Crippen LogP contribution >= 0.6 is 11.6 Å². The summed E-state index contributed by atoms with van der Waals surface area (Å²) < 4.78 is 5.87. The van der Waals surface area contributed by atoms with Gasteiger partial charge in [-0.1, -0.05) is 54.1 Å². The Morgan fingerprint density at radius 3 is 2.48 bits per heavy atom. The van der Waals surface area contributed by atoms with Crippen molar-refractivity contribution in [3.63, 3.8) is 0 Å². The molecule has 0 saturated carbocycles. The SMILES string of the molecule is O=C1CCC(N2C(=O)c3cccc(C#CCCCCCC(=O)N4CCC(Nc5ncnc6[nH]cc(C(=O)c7ccc(Oc8ccccc8)cc7Cl)c56)CC4)c3C2=O)C(=O)N1. The Hall–Kier alpha value is -6.85. The van der Waals surface area contributed by atoms with Gasteiger partial charge in [-0.05, 0) is 68.5 Å². The van der Waals surface area contributed by atoms with Gasteiger partial charge in [0, 0.05) is 61.8 Å². The molecule has 2 saturated heterocycles. The van der Waals surface area contributed by atoms with Gasteiger partial charge >= 0.3 is 0 Å². The minimum absolute atomic E-state index is 0.0290. The van der Waals surface area contributed by atoms with Crippen molar-refractivity contribution in [1.29, 1.82) is 0 Å². The van der Waals surface area contributed by atoms with Gasteiger partial charge in [0.05, 0.1) is 27.1 Å². The van der Waals surface area contributed by atoms with Crippen LogP contribution in [0, 0.1) is 11.8 Å². The molecule has 1 unspecified atom stereocenters. The van der Waals surface area contributed by atoms with Gasteiger partial charge in [0.15, 0.2) is 5.78 Å². The lowest BCUT2D eigenvalue weighted by atomic mass is 10.0. The first-order chi connectivity index (χ1) is 29.2. The number of ketones is 1. The van der Waals surface area contributed by atoms with Crippen molar-refractivity contribution in [3.05, 3.63) is 112 Å². The van der Waals surface area contributed by atoms with Crippen molar-refractivity contribution in [1.82, 2.24) is 30.1 Å². The molecule has 0 aliphatic carbocycles. The van der Waals surface area contributed by atoms with E-state index in [9.17, 15) is 28.8 Å². The van der Waals surface area contributed by atoms with E-state index in [2.05, 4.69) is 37.4 Å². The summed E-state index contributed by atoms with van der Waals surface area (Å²) in [6, 6.07) is 18.1. The summed E-state index contributed by atoms with van der Waals surface area (Å²) in [5.41, 5.74) is 2.02. The van der Waals surface area contributed by atoms with Crippen molar-refractivity contribution in [2.24, 2.45) is 0 Å². The van der Waals surface area contributed by atoms with Crippen LogP contribution in [0.5, 0.6) is 11.5 Å². The van der Waals surface area contributed by atoms with Crippen LogP contribution in [-0.4, -0.2) is 85.2 Å². The number of halogens is 1. The van der Waals surface area contributed by atoms with E-state index in [4.69, 9.17) is 16.3 Å². The Morgan fingerprint density at radius 2 is 1.70 bits per heavy atom. The van der Waals surface area contributed by atoms with Crippen molar-refractivity contribution < 1.29 is 33.5 Å². The van der Waals surface area contributed by atoms with Gasteiger partial charge in [0.1, 0.15) is 35.3 Å². The molecule has 60 heavy (non-hydrogen) atoms. The molecule has 3 N–H and O–H groups in total. The Labute approximate surface area is 350 Å². The molecule has 2 fully saturated rings. The number of piperidine rings is 2. The quantitative estimate of drug-likeness (QED) is 0.0548. The average Bonchev–Trinajstić information content (AvgIpc) is 3.80. The van der Waals surface area contributed by atoms with Gasteiger partial charge < -0.3 is 19.9 Å². The first-order valence-corrected chi connectivity index (χ1v) is 20.3. The first kappa shape index (κ1) is 40.0. The maximum Gasteiger partial charge on any atom is 0.263 e. The molecule has 5 amide bonds. The highest BCUT2D eigenvalue weighted by molar-refractivity contribution is 6.36. The maximum absolute atomic E-state index is 13.8. The zero-order valence-corrected chi connectivity index (χ0v) is 33.2. The summed E-state index contributed by atoms with van der Waals surface area (Å²) in [7, 11) is 0. The number of unbranched alkanes of at least 4 members (excludes halogenated alkanes) is 3. The number of benzene rings is 3. The molecule has 2 aromatic heterocycles. The number of hydrogen-bond acceptors (Lipinski definition) is 10. The van der Waals surface area contributed by atoms with Crippen LogP contribution in [0.15, 0.2) is 79.3 Å². The average molecular weight is 826 g/mol. The zero-order valence-electron chi connectivity index (χ0n) is 32.5. The summed E-state index contributed by atoms with van der Waals surface area (Å²) in [5.74, 6) is 5.40. The fraction of sp³-hybridized carbons (Fsp3) is 0.289. The van der Waals surface area contributed by atoms with Gasteiger partial charge in [-0.15, -0.1) is 0 Å². The number of anilines is 1. The number of imide groups is 2. The number of fused-ring (bicyclic) bond motifs is 2. The molecule has 5 aromatic rings. The second-order valence-electron chi connectivity index (χ2n) is 14.9. The zero-order chi connectivity index (χ0) is 41.8. The topological polar surface area (TPSA) is 184 Å². The van der Waals surface area contributed by atoms with Crippen LogP contribution in [0.25, 0.3) is 11.0 Å². The lowest BCUT2D eigenvalue weighted by Gasteiger charge is -2.33. The smallest absolute Gasteiger partial charge is 0.263 e. The van der Waals surface area contributed by atoms with E-state index in [0.29, 0.717) is 90.2 Å². The number of rotatable bonds is 12. The fourth-order valence-corrected chi connectivity index (χ4v) is 8.09. The monoisotopic (exact) mass is 825 g/mol. The van der Waals surface area contributed by atoms with Crippen molar-refractivity contribution in [2.45, 2.75) is 69.9 Å². The van der Waals surface area contributed by atoms with E-state index in [1.54, 1.807) is 42.6 Å². The molecular weight excluding hydrogens is 786 g/mol. The number of aromatic amines is 1.